The first-order valence-corrected chi connectivity index (χ1v) is 35.0. The summed E-state index contributed by atoms with van der Waals surface area (Å²) < 4.78 is 213. The van der Waals surface area contributed by atoms with E-state index < -0.39 is 16.8 Å². The summed E-state index contributed by atoms with van der Waals surface area (Å²) in [6.07, 6.45) is 33.4. The molecule has 0 unspecified atom stereocenters. The molecule has 0 bridgehead atoms. The van der Waals surface area contributed by atoms with E-state index in [1.165, 1.54) is 89.9 Å². The van der Waals surface area contributed by atoms with Gasteiger partial charge in [0.25, 0.3) is 0 Å². The number of nitrogens with two attached hydrogens (primary N) is 1. The number of rotatable bonds is 11. The second-order valence-electron chi connectivity index (χ2n) is 32.9. The van der Waals surface area contributed by atoms with Crippen LogP contribution in [0.2, 0.25) is 0 Å². The molecule has 1 aromatic rings. The van der Waals surface area contributed by atoms with Crippen LogP contribution in [0.15, 0.2) is 16.8 Å². The molecule has 0 saturated heterocycles. The Bertz CT molecular complexity index is 2560. The van der Waals surface area contributed by atoms with Crippen LogP contribution in [-0.4, -0.2) is 121 Å². The summed E-state index contributed by atoms with van der Waals surface area (Å²) >= 11 is 0. The molecule has 91 heavy (non-hydrogen) atoms. The molecule has 0 aliphatic heterocycles. The summed E-state index contributed by atoms with van der Waals surface area (Å²) in [5, 5.41) is 57.9. The quantitative estimate of drug-likeness (QED) is 0.0521. The van der Waals surface area contributed by atoms with E-state index in [4.69, 9.17) is 90.6 Å². The second kappa shape index (κ2) is 32.4. The number of fused-ring (bicyclic) bond motifs is 15. The first-order chi connectivity index (χ1) is 60.9. The fourth-order valence-corrected chi connectivity index (χ4v) is 25.6. The zero-order chi connectivity index (χ0) is 102. The van der Waals surface area contributed by atoms with Crippen LogP contribution >= 0.6 is 12.4 Å². The number of aliphatic hydroxyl groups excluding tert-OH is 1. The number of Topliss-reactive ketones (excluding diaryl/α,β-unsaturated/α-hetero) is 2. The zero-order valence-electron chi connectivity index (χ0n) is 96.2. The maximum absolute atomic E-state index is 12.7. The van der Waals surface area contributed by atoms with E-state index in [1.807, 2.05) is 55.2 Å². The molecule has 560 valence electrons. The van der Waals surface area contributed by atoms with Gasteiger partial charge >= 0.3 is 29.6 Å². The number of aromatic nitrogens is 1. The van der Waals surface area contributed by atoms with Crippen LogP contribution in [0.3, 0.4) is 0 Å². The molecule has 1 aromatic heterocycles. The average Bonchev–Trinajstić information content (AvgIpc) is 1.46. The molecule has 24 atom stereocenters. The predicted molar refractivity (Wildman–Crippen MR) is 395 cm³/mol. The van der Waals surface area contributed by atoms with Gasteiger partial charge < -0.3 is 54.3 Å². The van der Waals surface area contributed by atoms with Gasteiger partial charge in [0.05, 0.1) is 49.2 Å². The Kier molecular flexibility index (Phi) is 19.9. The summed E-state index contributed by atoms with van der Waals surface area (Å²) in [6, 6.07) is 2.09. The van der Waals surface area contributed by atoms with E-state index in [0.29, 0.717) is 58.5 Å². The topological polar surface area (TPSA) is 255 Å². The number of aliphatic hydroxyl groups is 4. The van der Waals surface area contributed by atoms with Crippen molar-refractivity contribution in [3.8, 4) is 0 Å². The van der Waals surface area contributed by atoms with Crippen molar-refractivity contribution in [3.05, 3.63) is 18.0 Å². The van der Waals surface area contributed by atoms with Gasteiger partial charge in [0.1, 0.15) is 23.6 Å². The van der Waals surface area contributed by atoms with E-state index in [2.05, 4.69) is 37.9 Å². The van der Waals surface area contributed by atoms with E-state index >= 15 is 0 Å². The predicted octanol–water partition coefficient (Wildman–Crippen LogP) is 14.9. The van der Waals surface area contributed by atoms with Gasteiger partial charge in [-0.1, -0.05) is 33.4 Å². The zero-order valence-corrected chi connectivity index (χ0v) is 61.1. The van der Waals surface area contributed by atoms with Crippen molar-refractivity contribution in [3.63, 3.8) is 0 Å². The van der Waals surface area contributed by atoms with Crippen molar-refractivity contribution in [2.75, 3.05) is 55.4 Å². The molecule has 12 fully saturated rings. The van der Waals surface area contributed by atoms with Crippen LogP contribution in [0.5, 0.6) is 0 Å². The van der Waals surface area contributed by atoms with Gasteiger partial charge in [-0.05, 0) is 305 Å². The van der Waals surface area contributed by atoms with E-state index in [-0.39, 0.29) is 102 Å². The molecule has 12 aliphatic carbocycles. The third-order valence-corrected chi connectivity index (χ3v) is 29.2. The van der Waals surface area contributed by atoms with Gasteiger partial charge in [-0.3, -0.25) is 9.59 Å². The fraction of sp³-hybridized carbons (Fsp3) is 0.919. The minimum atomic E-state index is -0.530. The number of carbonyl (C=O) groups excluding carboxylic acids is 3. The van der Waals surface area contributed by atoms with Gasteiger partial charge in [-0.25, -0.2) is 5.90 Å². The third-order valence-electron chi connectivity index (χ3n) is 29.2. The molecule has 0 amide bonds. The smallest absolute Gasteiger partial charge is 0.857 e. The first-order valence-electron chi connectivity index (χ1n) is 54.0. The molecule has 0 spiro atoms. The van der Waals surface area contributed by atoms with Gasteiger partial charge in [0.2, 0.25) is 0 Å². The summed E-state index contributed by atoms with van der Waals surface area (Å²) in [4.78, 5) is 35.9. The summed E-state index contributed by atoms with van der Waals surface area (Å²) in [7, 11) is 7.32. The molecule has 12 aliphatic rings. The molecular formula is C74H168ClN2NaO13. The Hall–Kier alpha value is -0.890. The molecule has 0 radical (unpaired) electrons. The summed E-state index contributed by atoms with van der Waals surface area (Å²) in [6.45, 7) is 17.8. The van der Waals surface area contributed by atoms with Gasteiger partial charge in [-0.15, -0.1) is 12.4 Å². The number of halogens is 1. The molecule has 17 heteroatoms. The maximum atomic E-state index is 12.7. The van der Waals surface area contributed by atoms with Crippen molar-refractivity contribution in [2.45, 2.75) is 258 Å². The SMILES string of the molecule is C.CO.COC[C@]12CC[C@@](C)(O)C[C@H]1CC[C@H]1[C@@H]3CC[C@H](C(=O)CC=O)[C@@]3(C)CC[C@@H]12.COC[C@]12CC[C@@](C)(O)C[C@H]1CC[C@H]1[C@@H]3CC[C@H](C(C)=O)[C@@]3(C)CC[C@@H]12.COC[C@]12CC[C@@](C)(O)C[C@H]1CC[C@H]1[C@@H]3CC[C@H](c4ccno4)[C@@]3(C)CC[C@@H]12.C[O-].Cl.NO.[2HH].[2H][2H].[2H][2H].[2H][2H].[2H][2H].[2H][2H].[2H][2H].[2H][2H].[2H][2H].[2H][2H].[2H][2H].[2H][2H].[2H][2H].[2H][2H].[2H][2H].[2H][2H].[2H][2H].[2H][2H].[2H][2H].[2H][2H].[Na+]. The monoisotopic (exact) mass is 1390 g/mol. The van der Waals surface area contributed by atoms with Crippen molar-refractivity contribution in [1.82, 2.24) is 5.16 Å². The van der Waals surface area contributed by atoms with E-state index in [9.17, 15) is 29.7 Å². The second-order valence-corrected chi connectivity index (χ2v) is 32.9. The number of hydrogen-bond acceptors (Lipinski definition) is 15. The minimum absolute atomic E-state index is 0. The normalized spacial score (nSPS) is 48.2. The number of nitrogens with zero attached hydrogens (tertiary/aromatic N) is 1. The van der Waals surface area contributed by atoms with Gasteiger partial charge in [0.15, 0.2) is 0 Å². The summed E-state index contributed by atoms with van der Waals surface area (Å²) in [5.41, 5.74) is -0.114. The molecule has 0 aromatic carbocycles. The van der Waals surface area contributed by atoms with E-state index in [0.717, 1.165) is 159 Å². The number of carbonyl (C=O) groups is 3. The van der Waals surface area contributed by atoms with Gasteiger partial charge in [-0.2, -0.15) is 7.11 Å². The van der Waals surface area contributed by atoms with Crippen LogP contribution in [0.4, 0.5) is 0 Å². The third kappa shape index (κ3) is 14.9. The first kappa shape index (κ1) is 55.9. The number of ether oxygens (including phenoxy) is 3. The Labute approximate surface area is 638 Å². The standard InChI is InChI=1S/C24H37NO3.C24H38O4.C23H38O3.CH4O.CH3O.CH4.ClH.H3NO.Na.20H2/c1-22(26)11-12-24(15-27-3)16(14-22)4-5-17-18-6-7-20(21-9-13-25-28-21)23(18,2)10-8-19(17)24;1-22(27)11-12-24(15-28-3)16(14-22)4-5-17-18-6-7-20(21(26)9-13-25)23(18,2)10-8-19(17)24;1-15(24)18-7-8-19-17-6-5-16-13-21(2,25)11-12-23(16,14-26-4)20(17)9-10-22(18,19)3;2*1-2;;;1-2;;;;;;;;;;;;;;;;;;;;;/h9,13,16-20,26H,4-8,10-12,14-15H2,1-3H3;13,16-20,27H,4-12,14-15H2,1-3H3;16-20,25H,5-14H2,1-4H3;2H,1H3;1H3;1H4;1H;2H,1H2;;20*1H/q;;;;-1;;;;+1;;;;;;;;;;;;;;;;;;;;/t2*16-,17+,18+,19+,20-,22-,23+,24-;16-,17+,18-,19+,20+,21-,22-,23-;;;;;;;;;;;;;;;;;;;;;;;;;;/m111........................../s1/i;;;;;;;;;19*1+1D;1+1. The Morgan fingerprint density at radius 2 is 0.923 bits per heavy atom. The average molecular weight is 1390 g/mol. The molecule has 7 N–H and O–H groups in total. The fourth-order valence-electron chi connectivity index (χ4n) is 25.6. The molecular weight excluding hydrogens is 1180 g/mol. The molecule has 1 heterocycles. The maximum Gasteiger partial charge on any atom is 1.00 e. The van der Waals surface area contributed by atoms with Gasteiger partial charge in [0, 0.05) is 110 Å². The summed E-state index contributed by atoms with van der Waals surface area (Å²) in [5.74, 6) is 14.3. The molecule has 15 nitrogen and oxygen atoms in total. The number of hydrogen-bond donors (Lipinski definition) is 6. The Morgan fingerprint density at radius 3 is 1.27 bits per heavy atom. The van der Waals surface area contributed by atoms with Crippen LogP contribution in [0, 0.1) is 115 Å². The van der Waals surface area contributed by atoms with E-state index in [1.54, 1.807) is 0 Å². The van der Waals surface area contributed by atoms with Crippen molar-refractivity contribution in [2.24, 2.45) is 121 Å². The molecule has 12 saturated carbocycles. The van der Waals surface area contributed by atoms with Crippen molar-refractivity contribution in [1.29, 1.82) is 0 Å². The Morgan fingerprint density at radius 1 is 0.571 bits per heavy atom. The van der Waals surface area contributed by atoms with Crippen molar-refractivity contribution < 1.29 is 151 Å². The largest absolute Gasteiger partial charge is 1.00 e. The van der Waals surface area contributed by atoms with Crippen LogP contribution in [0.1, 0.15) is 305 Å². The minimum Gasteiger partial charge on any atom is -0.857 e. The van der Waals surface area contributed by atoms with Crippen LogP contribution < -0.4 is 40.6 Å². The van der Waals surface area contributed by atoms with Crippen LogP contribution in [-0.2, 0) is 28.6 Å². The number of ketones is 2. The van der Waals surface area contributed by atoms with Crippen molar-refractivity contribution >= 4 is 30.3 Å². The molecule has 13 rings (SSSR count). The number of aldehydes is 1. The number of methoxy groups -OCH3 is 3. The van der Waals surface area contributed by atoms with Crippen LogP contribution in [0.25, 0.3) is 0 Å². The Balaban J connectivity index is -0.0000000870.